The molecule has 96 valence electrons. The zero-order chi connectivity index (χ0) is 13.1. The quantitative estimate of drug-likeness (QED) is 0.816. The van der Waals surface area contributed by atoms with Gasteiger partial charge in [0.05, 0.1) is 15.8 Å². The lowest BCUT2D eigenvalue weighted by Crippen LogP contribution is -2.21. The molecule has 0 saturated carbocycles. The Bertz CT molecular complexity index is 483. The number of hydrogen-bond donors (Lipinski definition) is 1. The Kier molecular flexibility index (Phi) is 4.54. The minimum Gasteiger partial charge on any atom is -0.397 e. The molecule has 0 radical (unpaired) electrons. The van der Waals surface area contributed by atoms with E-state index >= 15 is 0 Å². The molecule has 1 rings (SSSR count). The number of nitrogens with two attached hydrogens (primary N) is 1. The van der Waals surface area contributed by atoms with E-state index in [0.29, 0.717) is 18.7 Å². The number of hydrogen-bond acceptors (Lipinski definition) is 4. The lowest BCUT2D eigenvalue weighted by Gasteiger charge is -2.15. The van der Waals surface area contributed by atoms with Crippen molar-refractivity contribution in [3.05, 3.63) is 23.8 Å². The number of rotatable bonds is 5. The first-order chi connectivity index (χ1) is 7.91. The van der Waals surface area contributed by atoms with Gasteiger partial charge in [0.2, 0.25) is 0 Å². The van der Waals surface area contributed by atoms with E-state index in [1.807, 2.05) is 0 Å². The van der Waals surface area contributed by atoms with Crippen LogP contribution >= 0.6 is 0 Å². The average molecular weight is 257 g/mol. The molecule has 0 fully saturated rings. The van der Waals surface area contributed by atoms with Crippen LogP contribution in [0.1, 0.15) is 18.9 Å². The summed E-state index contributed by atoms with van der Waals surface area (Å²) < 4.78 is 29.5. The van der Waals surface area contributed by atoms with Crippen molar-refractivity contribution in [3.63, 3.8) is 0 Å². The van der Waals surface area contributed by atoms with Crippen molar-refractivity contribution in [2.45, 2.75) is 30.4 Å². The van der Waals surface area contributed by atoms with E-state index in [-0.39, 0.29) is 4.90 Å². The summed E-state index contributed by atoms with van der Waals surface area (Å²) in [6.45, 7) is 3.90. The summed E-state index contributed by atoms with van der Waals surface area (Å²) in [6.07, 6.45) is 0.464. The summed E-state index contributed by atoms with van der Waals surface area (Å²) >= 11 is 0. The van der Waals surface area contributed by atoms with Gasteiger partial charge in [0, 0.05) is 13.7 Å². The molecule has 0 aliphatic rings. The molecule has 1 unspecified atom stereocenters. The fourth-order valence-corrected chi connectivity index (χ4v) is 3.13. The monoisotopic (exact) mass is 257 g/mol. The molecule has 4 nitrogen and oxygen atoms in total. The van der Waals surface area contributed by atoms with Crippen LogP contribution in [-0.4, -0.2) is 27.4 Å². The first-order valence-electron chi connectivity index (χ1n) is 5.49. The van der Waals surface area contributed by atoms with Gasteiger partial charge in [-0.1, -0.05) is 12.1 Å². The Hall–Kier alpha value is -1.07. The van der Waals surface area contributed by atoms with Gasteiger partial charge in [0.1, 0.15) is 0 Å². The predicted molar refractivity (Wildman–Crippen MR) is 68.7 cm³/mol. The van der Waals surface area contributed by atoms with Gasteiger partial charge in [-0.05, 0) is 31.9 Å². The third-order valence-corrected chi connectivity index (χ3v) is 5.11. The standard InChI is InChI=1S/C12H19NO3S/c1-9-5-4-6-11(12(9)13)17(14,15)10(2)7-8-16-3/h4-6,10H,7-8,13H2,1-3H3. The summed E-state index contributed by atoms with van der Waals surface area (Å²) in [5.41, 5.74) is 6.95. The molecule has 1 atom stereocenters. The fraction of sp³-hybridized carbons (Fsp3) is 0.500. The zero-order valence-electron chi connectivity index (χ0n) is 10.4. The SMILES string of the molecule is COCCC(C)S(=O)(=O)c1cccc(C)c1N. The maximum Gasteiger partial charge on any atom is 0.183 e. The minimum atomic E-state index is -3.37. The van der Waals surface area contributed by atoms with Crippen molar-refractivity contribution >= 4 is 15.5 Å². The van der Waals surface area contributed by atoms with Crippen LogP contribution in [0.4, 0.5) is 5.69 Å². The highest BCUT2D eigenvalue weighted by Gasteiger charge is 2.25. The highest BCUT2D eigenvalue weighted by atomic mass is 32.2. The molecule has 1 aromatic carbocycles. The van der Waals surface area contributed by atoms with Gasteiger partial charge in [0.15, 0.2) is 9.84 Å². The first kappa shape index (κ1) is 14.0. The second-order valence-electron chi connectivity index (χ2n) is 4.12. The average Bonchev–Trinajstić information content (AvgIpc) is 2.29. The Morgan fingerprint density at radius 2 is 2.06 bits per heavy atom. The van der Waals surface area contributed by atoms with Gasteiger partial charge in [0.25, 0.3) is 0 Å². The van der Waals surface area contributed by atoms with Crippen LogP contribution in [0, 0.1) is 6.92 Å². The number of benzene rings is 1. The van der Waals surface area contributed by atoms with E-state index in [2.05, 4.69) is 0 Å². The van der Waals surface area contributed by atoms with Crippen molar-refractivity contribution in [1.29, 1.82) is 0 Å². The topological polar surface area (TPSA) is 69.4 Å². The highest BCUT2D eigenvalue weighted by Crippen LogP contribution is 2.26. The molecule has 1 aromatic rings. The normalized spacial score (nSPS) is 13.6. The van der Waals surface area contributed by atoms with Gasteiger partial charge in [-0.3, -0.25) is 0 Å². The molecule has 5 heteroatoms. The molecular weight excluding hydrogens is 238 g/mol. The van der Waals surface area contributed by atoms with Gasteiger partial charge < -0.3 is 10.5 Å². The number of anilines is 1. The van der Waals surface area contributed by atoms with E-state index in [9.17, 15) is 8.42 Å². The second-order valence-corrected chi connectivity index (χ2v) is 6.46. The van der Waals surface area contributed by atoms with Crippen molar-refractivity contribution in [2.75, 3.05) is 19.5 Å². The summed E-state index contributed by atoms with van der Waals surface area (Å²) in [4.78, 5) is 0.223. The first-order valence-corrected chi connectivity index (χ1v) is 7.03. The van der Waals surface area contributed by atoms with E-state index in [4.69, 9.17) is 10.5 Å². The molecule has 0 aliphatic carbocycles. The van der Waals surface area contributed by atoms with Crippen molar-refractivity contribution < 1.29 is 13.2 Å². The zero-order valence-corrected chi connectivity index (χ0v) is 11.3. The van der Waals surface area contributed by atoms with Crippen LogP contribution in [0.5, 0.6) is 0 Å². The Morgan fingerprint density at radius 1 is 1.41 bits per heavy atom. The third kappa shape index (κ3) is 2.98. The number of nitrogen functional groups attached to an aromatic ring is 1. The molecule has 0 spiro atoms. The van der Waals surface area contributed by atoms with Crippen LogP contribution in [0.25, 0.3) is 0 Å². The summed E-state index contributed by atoms with van der Waals surface area (Å²) in [7, 11) is -1.81. The maximum absolute atomic E-state index is 12.3. The fourth-order valence-electron chi connectivity index (χ4n) is 1.56. The molecule has 0 bridgehead atoms. The predicted octanol–water partition coefficient (Wildman–Crippen LogP) is 1.78. The maximum atomic E-state index is 12.3. The van der Waals surface area contributed by atoms with E-state index in [1.165, 1.54) is 0 Å². The molecule has 0 heterocycles. The molecule has 17 heavy (non-hydrogen) atoms. The molecule has 0 aliphatic heterocycles. The third-order valence-electron chi connectivity index (χ3n) is 2.85. The second kappa shape index (κ2) is 5.51. The minimum absolute atomic E-state index is 0.223. The number of methoxy groups -OCH3 is 1. The number of sulfone groups is 1. The Morgan fingerprint density at radius 3 is 2.65 bits per heavy atom. The van der Waals surface area contributed by atoms with Crippen LogP contribution < -0.4 is 5.73 Å². The van der Waals surface area contributed by atoms with Gasteiger partial charge in [-0.15, -0.1) is 0 Å². The van der Waals surface area contributed by atoms with Crippen molar-refractivity contribution in [3.8, 4) is 0 Å². The van der Waals surface area contributed by atoms with Gasteiger partial charge in [-0.25, -0.2) is 8.42 Å². The summed E-state index contributed by atoms with van der Waals surface area (Å²) in [5, 5.41) is -0.494. The smallest absolute Gasteiger partial charge is 0.183 e. The highest BCUT2D eigenvalue weighted by molar-refractivity contribution is 7.92. The Labute approximate surface area is 103 Å². The molecular formula is C12H19NO3S. The summed E-state index contributed by atoms with van der Waals surface area (Å²) in [6, 6.07) is 5.07. The van der Waals surface area contributed by atoms with E-state index < -0.39 is 15.1 Å². The van der Waals surface area contributed by atoms with Crippen LogP contribution in [0.15, 0.2) is 23.1 Å². The van der Waals surface area contributed by atoms with E-state index in [0.717, 1.165) is 5.56 Å². The van der Waals surface area contributed by atoms with Gasteiger partial charge in [-0.2, -0.15) is 0 Å². The molecule has 0 amide bonds. The van der Waals surface area contributed by atoms with Crippen LogP contribution in [0.2, 0.25) is 0 Å². The Balaban J connectivity index is 3.09. The molecule has 0 aromatic heterocycles. The van der Waals surface area contributed by atoms with Gasteiger partial charge >= 0.3 is 0 Å². The lowest BCUT2D eigenvalue weighted by molar-refractivity contribution is 0.194. The molecule has 2 N–H and O–H groups in total. The van der Waals surface area contributed by atoms with E-state index in [1.54, 1.807) is 39.2 Å². The summed E-state index contributed by atoms with van der Waals surface area (Å²) in [5.74, 6) is 0. The lowest BCUT2D eigenvalue weighted by atomic mass is 10.2. The number of ether oxygens (including phenoxy) is 1. The molecule has 0 saturated heterocycles. The van der Waals surface area contributed by atoms with Crippen LogP contribution in [0.3, 0.4) is 0 Å². The number of aryl methyl sites for hydroxylation is 1. The number of para-hydroxylation sites is 1. The van der Waals surface area contributed by atoms with Crippen molar-refractivity contribution in [2.24, 2.45) is 0 Å². The van der Waals surface area contributed by atoms with Crippen molar-refractivity contribution in [1.82, 2.24) is 0 Å². The largest absolute Gasteiger partial charge is 0.397 e. The van der Waals surface area contributed by atoms with Crippen LogP contribution in [-0.2, 0) is 14.6 Å².